The molecule has 0 spiro atoms. The Balaban J connectivity index is 2.08. The smallest absolute Gasteiger partial charge is 0.267 e. The van der Waals surface area contributed by atoms with Gasteiger partial charge in [-0.1, -0.05) is 34.1 Å². The minimum atomic E-state index is -0.306. The summed E-state index contributed by atoms with van der Waals surface area (Å²) in [6.07, 6.45) is 0. The maximum absolute atomic E-state index is 12.8. The Morgan fingerprint density at radius 1 is 1.15 bits per heavy atom. The van der Waals surface area contributed by atoms with Gasteiger partial charge in [-0.2, -0.15) is 5.10 Å². The fraction of sp³-hybridized carbons (Fsp3) is 0.0667. The van der Waals surface area contributed by atoms with E-state index in [0.717, 1.165) is 10.0 Å². The van der Waals surface area contributed by atoms with Gasteiger partial charge in [0, 0.05) is 10.0 Å². The standard InChI is InChI=1S/C15H12BrFN2O/c1-10(11-5-7-14(17)8-6-11)18-19-15(20)12-3-2-4-13(16)9-12/h2-9H,1H3,(H,19,20)/b18-10+. The maximum atomic E-state index is 12.8. The number of benzene rings is 2. The highest BCUT2D eigenvalue weighted by Crippen LogP contribution is 2.11. The van der Waals surface area contributed by atoms with Gasteiger partial charge in [-0.25, -0.2) is 9.82 Å². The highest BCUT2D eigenvalue weighted by atomic mass is 79.9. The second-order valence-electron chi connectivity index (χ2n) is 4.16. The van der Waals surface area contributed by atoms with Crippen LogP contribution in [0, 0.1) is 5.82 Å². The Labute approximate surface area is 124 Å². The van der Waals surface area contributed by atoms with Crippen molar-refractivity contribution in [2.24, 2.45) is 5.10 Å². The summed E-state index contributed by atoms with van der Waals surface area (Å²) in [5.74, 6) is -0.604. The van der Waals surface area contributed by atoms with Gasteiger partial charge in [-0.3, -0.25) is 4.79 Å². The van der Waals surface area contributed by atoms with E-state index in [4.69, 9.17) is 0 Å². The first-order chi connectivity index (χ1) is 9.56. The molecule has 1 N–H and O–H groups in total. The Morgan fingerprint density at radius 3 is 2.50 bits per heavy atom. The molecule has 1 amide bonds. The molecule has 0 aliphatic carbocycles. The molecule has 0 aromatic heterocycles. The van der Waals surface area contributed by atoms with Crippen LogP contribution in [0.3, 0.4) is 0 Å². The van der Waals surface area contributed by atoms with Crippen molar-refractivity contribution in [2.45, 2.75) is 6.92 Å². The number of hydrazone groups is 1. The molecule has 0 fully saturated rings. The normalized spacial score (nSPS) is 11.2. The second-order valence-corrected chi connectivity index (χ2v) is 5.07. The third kappa shape index (κ3) is 3.74. The summed E-state index contributed by atoms with van der Waals surface area (Å²) in [4.78, 5) is 11.9. The molecule has 0 unspecified atom stereocenters. The fourth-order valence-electron chi connectivity index (χ4n) is 1.58. The van der Waals surface area contributed by atoms with Crippen molar-refractivity contribution < 1.29 is 9.18 Å². The molecule has 20 heavy (non-hydrogen) atoms. The predicted octanol–water partition coefficient (Wildman–Crippen LogP) is 3.74. The van der Waals surface area contributed by atoms with E-state index < -0.39 is 0 Å². The lowest BCUT2D eigenvalue weighted by Crippen LogP contribution is -2.19. The summed E-state index contributed by atoms with van der Waals surface area (Å²) >= 11 is 3.30. The van der Waals surface area contributed by atoms with Gasteiger partial charge in [0.15, 0.2) is 0 Å². The minimum Gasteiger partial charge on any atom is -0.267 e. The molecule has 0 aliphatic rings. The van der Waals surface area contributed by atoms with Crippen LogP contribution in [0.4, 0.5) is 4.39 Å². The molecule has 2 aromatic rings. The van der Waals surface area contributed by atoms with Crippen LogP contribution in [0.5, 0.6) is 0 Å². The topological polar surface area (TPSA) is 41.5 Å². The summed E-state index contributed by atoms with van der Waals surface area (Å²) in [6.45, 7) is 1.74. The van der Waals surface area contributed by atoms with Crippen molar-refractivity contribution >= 4 is 27.5 Å². The number of carbonyl (C=O) groups is 1. The average molecular weight is 335 g/mol. The number of hydrogen-bond acceptors (Lipinski definition) is 2. The number of nitrogens with zero attached hydrogens (tertiary/aromatic N) is 1. The first-order valence-corrected chi connectivity index (χ1v) is 6.72. The zero-order valence-electron chi connectivity index (χ0n) is 10.7. The van der Waals surface area contributed by atoms with Crippen LogP contribution in [0.15, 0.2) is 58.1 Å². The molecular weight excluding hydrogens is 323 g/mol. The molecule has 0 saturated carbocycles. The third-order valence-corrected chi connectivity index (χ3v) is 3.17. The largest absolute Gasteiger partial charge is 0.271 e. The lowest BCUT2D eigenvalue weighted by Gasteiger charge is -2.03. The molecule has 2 aromatic carbocycles. The Morgan fingerprint density at radius 2 is 1.85 bits per heavy atom. The minimum absolute atomic E-state index is 0.298. The molecule has 0 bridgehead atoms. The number of nitrogens with one attached hydrogen (secondary N) is 1. The summed E-state index contributed by atoms with van der Waals surface area (Å²) in [6, 6.07) is 12.9. The van der Waals surface area contributed by atoms with Gasteiger partial charge in [0.1, 0.15) is 5.82 Å². The van der Waals surface area contributed by atoms with Crippen LogP contribution in [-0.4, -0.2) is 11.6 Å². The monoisotopic (exact) mass is 334 g/mol. The number of hydrogen-bond donors (Lipinski definition) is 1. The third-order valence-electron chi connectivity index (χ3n) is 2.67. The lowest BCUT2D eigenvalue weighted by molar-refractivity contribution is 0.0955. The number of carbonyl (C=O) groups excluding carboxylic acids is 1. The van der Waals surface area contributed by atoms with Crippen molar-refractivity contribution in [1.82, 2.24) is 5.43 Å². The van der Waals surface area contributed by atoms with E-state index in [2.05, 4.69) is 26.5 Å². The van der Waals surface area contributed by atoms with Crippen LogP contribution in [-0.2, 0) is 0 Å². The van der Waals surface area contributed by atoms with E-state index in [0.29, 0.717) is 11.3 Å². The van der Waals surface area contributed by atoms with Gasteiger partial charge in [-0.05, 0) is 42.8 Å². The first-order valence-electron chi connectivity index (χ1n) is 5.92. The van der Waals surface area contributed by atoms with Gasteiger partial charge in [0.25, 0.3) is 5.91 Å². The SMILES string of the molecule is C/C(=N\NC(=O)c1cccc(Br)c1)c1ccc(F)cc1. The second kappa shape index (κ2) is 6.43. The quantitative estimate of drug-likeness (QED) is 0.674. The lowest BCUT2D eigenvalue weighted by atomic mass is 10.1. The molecule has 2 rings (SSSR count). The van der Waals surface area contributed by atoms with E-state index in [1.807, 2.05) is 6.07 Å². The summed E-state index contributed by atoms with van der Waals surface area (Å²) in [5, 5.41) is 4.01. The Bertz CT molecular complexity index is 653. The van der Waals surface area contributed by atoms with E-state index in [1.165, 1.54) is 12.1 Å². The Kier molecular flexibility index (Phi) is 4.63. The summed E-state index contributed by atoms with van der Waals surface area (Å²) in [7, 11) is 0. The predicted molar refractivity (Wildman–Crippen MR) is 80.2 cm³/mol. The van der Waals surface area contributed by atoms with Crippen LogP contribution in [0.1, 0.15) is 22.8 Å². The van der Waals surface area contributed by atoms with Crippen LogP contribution in [0.2, 0.25) is 0 Å². The molecule has 0 saturated heterocycles. The van der Waals surface area contributed by atoms with Gasteiger partial charge < -0.3 is 0 Å². The average Bonchev–Trinajstić information content (AvgIpc) is 2.45. The molecule has 0 atom stereocenters. The Hall–Kier alpha value is -2.01. The van der Waals surface area contributed by atoms with E-state index >= 15 is 0 Å². The number of amides is 1. The van der Waals surface area contributed by atoms with E-state index in [9.17, 15) is 9.18 Å². The molecular formula is C15H12BrFN2O. The van der Waals surface area contributed by atoms with Crippen LogP contribution >= 0.6 is 15.9 Å². The highest BCUT2D eigenvalue weighted by molar-refractivity contribution is 9.10. The van der Waals surface area contributed by atoms with Gasteiger partial charge in [0.2, 0.25) is 0 Å². The molecule has 102 valence electrons. The van der Waals surface area contributed by atoms with Gasteiger partial charge >= 0.3 is 0 Å². The highest BCUT2D eigenvalue weighted by Gasteiger charge is 2.05. The molecule has 0 radical (unpaired) electrons. The first kappa shape index (κ1) is 14.4. The van der Waals surface area contributed by atoms with Crippen LogP contribution in [0.25, 0.3) is 0 Å². The number of rotatable bonds is 3. The number of halogens is 2. The summed E-state index contributed by atoms with van der Waals surface area (Å²) < 4.78 is 13.6. The maximum Gasteiger partial charge on any atom is 0.271 e. The van der Waals surface area contributed by atoms with Crippen molar-refractivity contribution in [3.05, 3.63) is 69.9 Å². The van der Waals surface area contributed by atoms with Crippen molar-refractivity contribution in [3.8, 4) is 0 Å². The summed E-state index contributed by atoms with van der Waals surface area (Å²) in [5.41, 5.74) is 4.34. The molecule has 0 heterocycles. The van der Waals surface area contributed by atoms with Gasteiger partial charge in [0.05, 0.1) is 5.71 Å². The molecule has 0 aliphatic heterocycles. The van der Waals surface area contributed by atoms with Crippen LogP contribution < -0.4 is 5.43 Å². The molecule has 5 heteroatoms. The van der Waals surface area contributed by atoms with Gasteiger partial charge in [-0.15, -0.1) is 0 Å². The fourth-order valence-corrected chi connectivity index (χ4v) is 1.98. The molecule has 3 nitrogen and oxygen atoms in total. The zero-order valence-corrected chi connectivity index (χ0v) is 12.3. The van der Waals surface area contributed by atoms with Crippen molar-refractivity contribution in [2.75, 3.05) is 0 Å². The van der Waals surface area contributed by atoms with E-state index in [-0.39, 0.29) is 11.7 Å². The zero-order chi connectivity index (χ0) is 14.5. The van der Waals surface area contributed by atoms with Crippen molar-refractivity contribution in [1.29, 1.82) is 0 Å². The van der Waals surface area contributed by atoms with Crippen molar-refractivity contribution in [3.63, 3.8) is 0 Å². The van der Waals surface area contributed by atoms with E-state index in [1.54, 1.807) is 37.3 Å².